The molecule has 0 saturated heterocycles. The van der Waals surface area contributed by atoms with Crippen molar-refractivity contribution in [3.05, 3.63) is 106 Å². The fraction of sp³-hybridized carbons (Fsp3) is 0.207. The van der Waals surface area contributed by atoms with Crippen LogP contribution in [0.5, 0.6) is 5.75 Å². The molecule has 1 N–H and O–H groups in total. The van der Waals surface area contributed by atoms with Crippen molar-refractivity contribution in [2.24, 2.45) is 0 Å². The zero-order chi connectivity index (χ0) is 22.7. The van der Waals surface area contributed by atoms with Crippen LogP contribution in [0.3, 0.4) is 0 Å². The smallest absolute Gasteiger partial charge is 0.341 e. The highest BCUT2D eigenvalue weighted by Crippen LogP contribution is 2.41. The molecule has 0 spiro atoms. The highest BCUT2D eigenvalue weighted by molar-refractivity contribution is 5.92. The number of carbonyl (C=O) groups excluding carboxylic acids is 1. The van der Waals surface area contributed by atoms with Gasteiger partial charge in [-0.05, 0) is 71.4 Å². The van der Waals surface area contributed by atoms with E-state index in [0.717, 1.165) is 12.0 Å². The molecule has 0 saturated carbocycles. The highest BCUT2D eigenvalue weighted by Gasteiger charge is 2.28. The van der Waals surface area contributed by atoms with Crippen molar-refractivity contribution in [2.75, 3.05) is 6.61 Å². The topological polar surface area (TPSA) is 46.5 Å². The fourth-order valence-electron chi connectivity index (χ4n) is 4.04. The van der Waals surface area contributed by atoms with E-state index in [1.165, 1.54) is 28.3 Å². The molecule has 160 valence electrons. The molecule has 1 aliphatic rings. The first-order valence-electron chi connectivity index (χ1n) is 10.8. The molecule has 0 heterocycles. The number of esters is 1. The van der Waals surface area contributed by atoms with E-state index in [2.05, 4.69) is 68.2 Å². The predicted octanol–water partition coefficient (Wildman–Crippen LogP) is 6.08. The summed E-state index contributed by atoms with van der Waals surface area (Å²) < 4.78 is 4.95. The zero-order valence-electron chi connectivity index (χ0n) is 18.6. The standard InChI is InChI=1S/C29H26O3/c1-4-32-28(31)24-14-12-21(19-27(24)30)11-10-20-13-15-26-25(18-20)23(16-17-29(26,2)3)22-8-6-5-7-9-22/h5-9,12-16,18-19,30H,4,17H2,1-3H3. The third-order valence-corrected chi connectivity index (χ3v) is 5.78. The Morgan fingerprint density at radius 3 is 2.38 bits per heavy atom. The minimum Gasteiger partial charge on any atom is -0.507 e. The maximum atomic E-state index is 11.9. The van der Waals surface area contributed by atoms with E-state index in [1.54, 1.807) is 19.1 Å². The van der Waals surface area contributed by atoms with Gasteiger partial charge in [-0.2, -0.15) is 0 Å². The first-order valence-corrected chi connectivity index (χ1v) is 10.8. The summed E-state index contributed by atoms with van der Waals surface area (Å²) in [5.41, 5.74) is 6.71. The van der Waals surface area contributed by atoms with Gasteiger partial charge < -0.3 is 9.84 Å². The molecule has 0 bridgehead atoms. The van der Waals surface area contributed by atoms with E-state index >= 15 is 0 Å². The van der Waals surface area contributed by atoms with E-state index in [-0.39, 0.29) is 23.3 Å². The third kappa shape index (κ3) is 4.31. The van der Waals surface area contributed by atoms with Crippen LogP contribution in [0.2, 0.25) is 0 Å². The summed E-state index contributed by atoms with van der Waals surface area (Å²) in [6.07, 6.45) is 3.31. The summed E-state index contributed by atoms with van der Waals surface area (Å²) in [5, 5.41) is 10.2. The number of fused-ring (bicyclic) bond motifs is 1. The van der Waals surface area contributed by atoms with E-state index in [9.17, 15) is 9.90 Å². The molecule has 0 unspecified atom stereocenters. The van der Waals surface area contributed by atoms with Crippen LogP contribution in [-0.2, 0) is 10.2 Å². The monoisotopic (exact) mass is 422 g/mol. The Morgan fingerprint density at radius 1 is 1.00 bits per heavy atom. The second-order valence-electron chi connectivity index (χ2n) is 8.53. The molecule has 0 fully saturated rings. The molecular weight excluding hydrogens is 396 g/mol. The summed E-state index contributed by atoms with van der Waals surface area (Å²) in [5.74, 6) is 5.64. The van der Waals surface area contributed by atoms with E-state index in [1.807, 2.05) is 12.1 Å². The number of phenolic OH excluding ortho intramolecular Hbond substituents is 1. The Bertz CT molecular complexity index is 1250. The van der Waals surface area contributed by atoms with Gasteiger partial charge in [0.05, 0.1) is 6.61 Å². The quantitative estimate of drug-likeness (QED) is 0.411. The molecule has 0 amide bonds. The zero-order valence-corrected chi connectivity index (χ0v) is 18.6. The largest absolute Gasteiger partial charge is 0.507 e. The summed E-state index contributed by atoms with van der Waals surface area (Å²) in [7, 11) is 0. The van der Waals surface area contributed by atoms with Crippen LogP contribution in [0.15, 0.2) is 72.8 Å². The average molecular weight is 423 g/mol. The van der Waals surface area contributed by atoms with Crippen molar-refractivity contribution >= 4 is 11.5 Å². The number of hydrogen-bond acceptors (Lipinski definition) is 3. The normalized spacial score (nSPS) is 13.9. The van der Waals surface area contributed by atoms with E-state index < -0.39 is 5.97 Å². The molecule has 4 rings (SSSR count). The molecule has 1 aliphatic carbocycles. The van der Waals surface area contributed by atoms with Crippen molar-refractivity contribution in [2.45, 2.75) is 32.6 Å². The summed E-state index contributed by atoms with van der Waals surface area (Å²) in [4.78, 5) is 11.9. The number of hydrogen-bond donors (Lipinski definition) is 1. The number of ether oxygens (including phenoxy) is 1. The van der Waals surface area contributed by atoms with Crippen LogP contribution in [0, 0.1) is 11.8 Å². The molecule has 0 aromatic heterocycles. The summed E-state index contributed by atoms with van der Waals surface area (Å²) >= 11 is 0. The lowest BCUT2D eigenvalue weighted by molar-refractivity contribution is 0.0523. The number of carbonyl (C=O) groups is 1. The Labute approximate surface area is 189 Å². The van der Waals surface area contributed by atoms with E-state index in [0.29, 0.717) is 5.56 Å². The van der Waals surface area contributed by atoms with Crippen LogP contribution in [0.25, 0.3) is 5.57 Å². The van der Waals surface area contributed by atoms with Crippen LogP contribution in [-0.4, -0.2) is 17.7 Å². The van der Waals surface area contributed by atoms with Crippen LogP contribution < -0.4 is 0 Å². The van der Waals surface area contributed by atoms with Crippen molar-refractivity contribution in [1.29, 1.82) is 0 Å². The summed E-state index contributed by atoms with van der Waals surface area (Å²) in [6, 6.07) is 21.6. The first-order chi connectivity index (χ1) is 15.4. The van der Waals surface area contributed by atoms with Crippen LogP contribution >= 0.6 is 0 Å². The molecule has 0 aliphatic heterocycles. The number of benzene rings is 3. The van der Waals surface area contributed by atoms with Gasteiger partial charge in [0.15, 0.2) is 0 Å². The SMILES string of the molecule is CCOC(=O)c1ccc(C#Cc2ccc3c(c2)C(c2ccccc2)=CCC3(C)C)cc1O. The molecule has 3 aromatic rings. The van der Waals surface area contributed by atoms with Gasteiger partial charge in [-0.1, -0.05) is 68.2 Å². The molecule has 3 heteroatoms. The Hall–Kier alpha value is -3.77. The molecule has 0 atom stereocenters. The number of phenols is 1. The Balaban J connectivity index is 1.68. The second kappa shape index (κ2) is 8.77. The number of allylic oxidation sites excluding steroid dienone is 1. The van der Waals surface area contributed by atoms with Crippen molar-refractivity contribution in [3.63, 3.8) is 0 Å². The second-order valence-corrected chi connectivity index (χ2v) is 8.53. The van der Waals surface area contributed by atoms with Crippen LogP contribution in [0.1, 0.15) is 65.4 Å². The molecule has 32 heavy (non-hydrogen) atoms. The van der Waals surface area contributed by atoms with Crippen molar-refractivity contribution in [3.8, 4) is 17.6 Å². The van der Waals surface area contributed by atoms with Gasteiger partial charge in [0.25, 0.3) is 0 Å². The van der Waals surface area contributed by atoms with Crippen molar-refractivity contribution < 1.29 is 14.6 Å². The number of rotatable bonds is 3. The lowest BCUT2D eigenvalue weighted by Crippen LogP contribution is -2.21. The minimum atomic E-state index is -0.540. The van der Waals surface area contributed by atoms with Gasteiger partial charge in [-0.15, -0.1) is 0 Å². The van der Waals surface area contributed by atoms with Gasteiger partial charge in [0.1, 0.15) is 11.3 Å². The lowest BCUT2D eigenvalue weighted by Gasteiger charge is -2.32. The maximum Gasteiger partial charge on any atom is 0.341 e. The highest BCUT2D eigenvalue weighted by atomic mass is 16.5. The summed E-state index contributed by atoms with van der Waals surface area (Å²) in [6.45, 7) is 6.52. The molecule has 3 aromatic carbocycles. The Kier molecular flexibility index (Phi) is 5.88. The van der Waals surface area contributed by atoms with Gasteiger partial charge in [0, 0.05) is 11.1 Å². The van der Waals surface area contributed by atoms with Gasteiger partial charge >= 0.3 is 5.97 Å². The van der Waals surface area contributed by atoms with Gasteiger partial charge in [-0.3, -0.25) is 0 Å². The Morgan fingerprint density at radius 2 is 1.69 bits per heavy atom. The van der Waals surface area contributed by atoms with E-state index in [4.69, 9.17) is 4.74 Å². The third-order valence-electron chi connectivity index (χ3n) is 5.78. The lowest BCUT2D eigenvalue weighted by atomic mass is 9.72. The van der Waals surface area contributed by atoms with Crippen molar-refractivity contribution in [1.82, 2.24) is 0 Å². The average Bonchev–Trinajstić information content (AvgIpc) is 2.78. The predicted molar refractivity (Wildman–Crippen MR) is 128 cm³/mol. The first kappa shape index (κ1) is 21.5. The van der Waals surface area contributed by atoms with Crippen LogP contribution in [0.4, 0.5) is 0 Å². The maximum absolute atomic E-state index is 11.9. The number of aromatic hydroxyl groups is 1. The van der Waals surface area contributed by atoms with Gasteiger partial charge in [-0.25, -0.2) is 4.79 Å². The molecular formula is C29H26O3. The van der Waals surface area contributed by atoms with Gasteiger partial charge in [0.2, 0.25) is 0 Å². The molecule has 3 nitrogen and oxygen atoms in total. The fourth-order valence-corrected chi connectivity index (χ4v) is 4.04. The minimum absolute atomic E-state index is 0.0638. The molecule has 0 radical (unpaired) electrons.